The molecule has 0 saturated carbocycles. The van der Waals surface area contributed by atoms with E-state index in [-0.39, 0.29) is 17.2 Å². The van der Waals surface area contributed by atoms with Crippen LogP contribution in [-0.4, -0.2) is 23.3 Å². The average Bonchev–Trinajstić information content (AvgIpc) is 2.87. The number of benzene rings is 2. The van der Waals surface area contributed by atoms with Gasteiger partial charge >= 0.3 is 0 Å². The van der Waals surface area contributed by atoms with Crippen LogP contribution in [0.5, 0.6) is 5.75 Å². The van der Waals surface area contributed by atoms with Gasteiger partial charge in [0.05, 0.1) is 11.4 Å². The second-order valence-electron chi connectivity index (χ2n) is 7.50. The largest absolute Gasteiger partial charge is 0.508 e. The summed E-state index contributed by atoms with van der Waals surface area (Å²) in [7, 11) is 0. The molecule has 1 aliphatic rings. The number of carbonyl (C=O) groups excluding carboxylic acids is 1. The van der Waals surface area contributed by atoms with Crippen LogP contribution in [0.4, 0.5) is 10.1 Å². The lowest BCUT2D eigenvalue weighted by Crippen LogP contribution is -2.27. The molecule has 0 aliphatic carbocycles. The van der Waals surface area contributed by atoms with Crippen molar-refractivity contribution in [3.05, 3.63) is 88.6 Å². The Kier molecular flexibility index (Phi) is 7.13. The van der Waals surface area contributed by atoms with Crippen molar-refractivity contribution in [1.29, 1.82) is 0 Å². The van der Waals surface area contributed by atoms with E-state index < -0.39 is 5.82 Å². The highest BCUT2D eigenvalue weighted by Gasteiger charge is 2.22. The number of amides is 1. The van der Waals surface area contributed by atoms with Gasteiger partial charge in [0, 0.05) is 39.1 Å². The number of phenolic OH excluding ortho intramolecular Hbond substituents is 1. The molecular weight excluding hydrogens is 411 g/mol. The summed E-state index contributed by atoms with van der Waals surface area (Å²) in [4.78, 5) is 19.0. The molecule has 2 N–H and O–H groups in total. The predicted molar refractivity (Wildman–Crippen MR) is 126 cm³/mol. The first-order valence-electron chi connectivity index (χ1n) is 10.0. The first kappa shape index (κ1) is 22.6. The fourth-order valence-electron chi connectivity index (χ4n) is 3.08. The summed E-state index contributed by atoms with van der Waals surface area (Å²) in [6.45, 7) is 10.4. The molecule has 0 atom stereocenters. The van der Waals surface area contributed by atoms with E-state index in [9.17, 15) is 14.3 Å². The third-order valence-electron chi connectivity index (χ3n) is 4.59. The summed E-state index contributed by atoms with van der Waals surface area (Å²) in [5, 5.41) is 12.5. The van der Waals surface area contributed by atoms with Gasteiger partial charge in [-0.3, -0.25) is 4.79 Å². The first-order chi connectivity index (χ1) is 14.8. The smallest absolute Gasteiger partial charge is 0.251 e. The Morgan fingerprint density at radius 1 is 1.29 bits per heavy atom. The molecule has 1 heterocycles. The number of thioether (sulfide) groups is 1. The van der Waals surface area contributed by atoms with Crippen LogP contribution in [-0.2, 0) is 0 Å². The minimum absolute atomic E-state index is 0.160. The molecule has 0 fully saturated rings. The minimum atomic E-state index is -0.586. The maximum absolute atomic E-state index is 14.8. The van der Waals surface area contributed by atoms with Crippen LogP contribution < -0.4 is 5.32 Å². The standard InChI is InChI=1S/C25H25FN2O2S/c1-5-7-22-18(6-2)24(19-10-9-17(29)13-20(19)26)28-21-12-16(8-11-23(21)31-22)25(30)27-14-15(3)4/h5-13,15,29H,2,14H2,1,3-4H3,(H,27,30)/b7-5-. The number of allylic oxidation sites excluding steroid dienone is 4. The van der Waals surface area contributed by atoms with Crippen molar-refractivity contribution in [1.82, 2.24) is 5.32 Å². The SMILES string of the molecule is C=CC1=C(/C=C\C)Sc2ccc(C(=O)NCC(C)C)cc2N=C1c1ccc(O)cc1F. The summed E-state index contributed by atoms with van der Waals surface area (Å²) in [5.74, 6) is -0.585. The summed E-state index contributed by atoms with van der Waals surface area (Å²) in [5.41, 5.74) is 2.38. The van der Waals surface area contributed by atoms with Crippen LogP contribution in [0, 0.1) is 11.7 Å². The summed E-state index contributed by atoms with van der Waals surface area (Å²) >= 11 is 1.48. The lowest BCUT2D eigenvalue weighted by atomic mass is 10.0. The number of nitrogens with one attached hydrogen (secondary N) is 1. The van der Waals surface area contributed by atoms with Gasteiger partial charge in [0.1, 0.15) is 11.6 Å². The lowest BCUT2D eigenvalue weighted by Gasteiger charge is -2.10. The summed E-state index contributed by atoms with van der Waals surface area (Å²) in [6.07, 6.45) is 5.47. The Labute approximate surface area is 186 Å². The molecule has 0 spiro atoms. The molecule has 0 radical (unpaired) electrons. The predicted octanol–water partition coefficient (Wildman–Crippen LogP) is 6.16. The van der Waals surface area contributed by atoms with E-state index in [1.807, 2.05) is 39.0 Å². The molecule has 2 aromatic rings. The molecule has 4 nitrogen and oxygen atoms in total. The highest BCUT2D eigenvalue weighted by Crippen LogP contribution is 2.42. The van der Waals surface area contributed by atoms with Gasteiger partial charge in [-0.1, -0.05) is 50.4 Å². The van der Waals surface area contributed by atoms with E-state index in [0.29, 0.717) is 35.0 Å². The van der Waals surface area contributed by atoms with E-state index >= 15 is 0 Å². The number of hydrogen-bond donors (Lipinski definition) is 2. The molecule has 0 aromatic heterocycles. The molecule has 160 valence electrons. The third-order valence-corrected chi connectivity index (χ3v) is 5.74. The van der Waals surface area contributed by atoms with Gasteiger partial charge in [0.2, 0.25) is 0 Å². The number of rotatable bonds is 6. The maximum Gasteiger partial charge on any atom is 0.251 e. The number of halogens is 1. The van der Waals surface area contributed by atoms with Crippen LogP contribution in [0.3, 0.4) is 0 Å². The number of aromatic hydroxyl groups is 1. The monoisotopic (exact) mass is 436 g/mol. The zero-order valence-corrected chi connectivity index (χ0v) is 18.6. The van der Waals surface area contributed by atoms with Crippen LogP contribution >= 0.6 is 11.8 Å². The number of hydrogen-bond acceptors (Lipinski definition) is 4. The molecular formula is C25H25FN2O2S. The van der Waals surface area contributed by atoms with Crippen LogP contribution in [0.2, 0.25) is 0 Å². The van der Waals surface area contributed by atoms with Crippen molar-refractivity contribution in [3.63, 3.8) is 0 Å². The van der Waals surface area contributed by atoms with Crippen LogP contribution in [0.1, 0.15) is 36.7 Å². The van der Waals surface area contributed by atoms with Gasteiger partial charge in [-0.05, 0) is 43.2 Å². The van der Waals surface area contributed by atoms with E-state index in [4.69, 9.17) is 4.99 Å². The number of phenols is 1. The zero-order chi connectivity index (χ0) is 22.5. The first-order valence-corrected chi connectivity index (χ1v) is 10.8. The third kappa shape index (κ3) is 5.14. The van der Waals surface area contributed by atoms with E-state index in [1.165, 1.54) is 23.9 Å². The summed E-state index contributed by atoms with van der Waals surface area (Å²) in [6, 6.07) is 9.32. The Hall–Kier alpha value is -3.12. The zero-order valence-electron chi connectivity index (χ0n) is 17.8. The molecule has 0 bridgehead atoms. The fourth-order valence-corrected chi connectivity index (χ4v) is 4.15. The van der Waals surface area contributed by atoms with Gasteiger partial charge in [-0.25, -0.2) is 9.38 Å². The lowest BCUT2D eigenvalue weighted by molar-refractivity contribution is 0.0949. The molecule has 2 aromatic carbocycles. The number of carbonyl (C=O) groups is 1. The number of nitrogens with zero attached hydrogens (tertiary/aromatic N) is 1. The van der Waals surface area contributed by atoms with E-state index in [0.717, 1.165) is 15.9 Å². The van der Waals surface area contributed by atoms with Gasteiger partial charge in [0.15, 0.2) is 0 Å². The molecule has 31 heavy (non-hydrogen) atoms. The van der Waals surface area contributed by atoms with Crippen molar-refractivity contribution >= 4 is 29.1 Å². The second kappa shape index (κ2) is 9.79. The van der Waals surface area contributed by atoms with Crippen molar-refractivity contribution in [3.8, 4) is 5.75 Å². The molecule has 0 unspecified atom stereocenters. The van der Waals surface area contributed by atoms with Crippen molar-refractivity contribution in [2.45, 2.75) is 25.7 Å². The van der Waals surface area contributed by atoms with Crippen molar-refractivity contribution < 1.29 is 14.3 Å². The van der Waals surface area contributed by atoms with Crippen molar-refractivity contribution in [2.24, 2.45) is 10.9 Å². The molecule has 1 amide bonds. The van der Waals surface area contributed by atoms with Crippen molar-refractivity contribution in [2.75, 3.05) is 6.54 Å². The van der Waals surface area contributed by atoms with Crippen LogP contribution in [0.15, 0.2) is 81.6 Å². The molecule has 6 heteroatoms. The van der Waals surface area contributed by atoms with Gasteiger partial charge in [0.25, 0.3) is 5.91 Å². The maximum atomic E-state index is 14.8. The summed E-state index contributed by atoms with van der Waals surface area (Å²) < 4.78 is 14.8. The molecule has 3 rings (SSSR count). The van der Waals surface area contributed by atoms with Crippen LogP contribution in [0.25, 0.3) is 0 Å². The average molecular weight is 437 g/mol. The Morgan fingerprint density at radius 2 is 2.06 bits per heavy atom. The Bertz CT molecular complexity index is 1120. The normalized spacial score (nSPS) is 13.8. The highest BCUT2D eigenvalue weighted by atomic mass is 32.2. The minimum Gasteiger partial charge on any atom is -0.508 e. The number of aliphatic imine (C=N–C) groups is 1. The Balaban J connectivity index is 2.17. The second-order valence-corrected chi connectivity index (χ2v) is 8.58. The van der Waals surface area contributed by atoms with E-state index in [2.05, 4.69) is 11.9 Å². The van der Waals surface area contributed by atoms with E-state index in [1.54, 1.807) is 18.2 Å². The topological polar surface area (TPSA) is 61.7 Å². The fraction of sp³-hybridized carbons (Fsp3) is 0.200. The number of fused-ring (bicyclic) bond motifs is 1. The molecule has 1 aliphatic heterocycles. The van der Waals surface area contributed by atoms with Gasteiger partial charge in [-0.15, -0.1) is 0 Å². The molecule has 0 saturated heterocycles. The quantitative estimate of drug-likeness (QED) is 0.570. The highest BCUT2D eigenvalue weighted by molar-refractivity contribution is 8.03. The Morgan fingerprint density at radius 3 is 2.71 bits per heavy atom. The van der Waals surface area contributed by atoms with Gasteiger partial charge < -0.3 is 10.4 Å². The van der Waals surface area contributed by atoms with Gasteiger partial charge in [-0.2, -0.15) is 0 Å².